The molecule has 0 radical (unpaired) electrons. The lowest BCUT2D eigenvalue weighted by Gasteiger charge is -2.29. The van der Waals surface area contributed by atoms with Crippen LogP contribution in [-0.2, 0) is 21.3 Å². The first-order chi connectivity index (χ1) is 15.3. The smallest absolute Gasteiger partial charge is 0.243 e. The molecule has 1 N–H and O–H groups in total. The van der Waals surface area contributed by atoms with Crippen LogP contribution in [0.5, 0.6) is 5.75 Å². The number of hydrogen-bond donors (Lipinski definition) is 1. The highest BCUT2D eigenvalue weighted by Gasteiger charge is 2.27. The Bertz CT molecular complexity index is 966. The fourth-order valence-corrected chi connectivity index (χ4v) is 5.21. The second kappa shape index (κ2) is 11.4. The van der Waals surface area contributed by atoms with Crippen LogP contribution >= 0.6 is 11.6 Å². The molecule has 1 aliphatic heterocycles. The molecule has 3 rings (SSSR count). The molecule has 32 heavy (non-hydrogen) atoms. The van der Waals surface area contributed by atoms with Crippen LogP contribution in [0.1, 0.15) is 19.4 Å². The number of aliphatic hydroxyl groups is 1. The van der Waals surface area contributed by atoms with E-state index in [1.54, 1.807) is 0 Å². The fraction of sp³-hybridized carbons (Fsp3) is 0.478. The lowest BCUT2D eigenvalue weighted by atomic mass is 10.1. The number of nitrogens with zero attached hydrogens (tertiary/aromatic N) is 2. The second-order valence-electron chi connectivity index (χ2n) is 8.08. The molecule has 1 fully saturated rings. The van der Waals surface area contributed by atoms with E-state index in [2.05, 4.69) is 30.9 Å². The maximum atomic E-state index is 12.8. The van der Waals surface area contributed by atoms with E-state index in [1.165, 1.54) is 28.1 Å². The normalized spacial score (nSPS) is 16.4. The van der Waals surface area contributed by atoms with Gasteiger partial charge in [-0.1, -0.05) is 41.9 Å². The first-order valence-electron chi connectivity index (χ1n) is 10.7. The summed E-state index contributed by atoms with van der Waals surface area (Å²) in [5.74, 6) is 0.339. The minimum Gasteiger partial charge on any atom is -0.489 e. The van der Waals surface area contributed by atoms with Crippen LogP contribution < -0.4 is 4.74 Å². The van der Waals surface area contributed by atoms with Gasteiger partial charge in [0.1, 0.15) is 18.5 Å². The minimum absolute atomic E-state index is 0.0489. The number of hydrogen-bond acceptors (Lipinski definition) is 6. The molecule has 0 amide bonds. The van der Waals surface area contributed by atoms with Gasteiger partial charge in [-0.05, 0) is 37.6 Å². The summed E-state index contributed by atoms with van der Waals surface area (Å²) in [5, 5.41) is 10.7. The van der Waals surface area contributed by atoms with Crippen molar-refractivity contribution in [1.29, 1.82) is 0 Å². The minimum atomic E-state index is -3.63. The van der Waals surface area contributed by atoms with Crippen molar-refractivity contribution in [3.8, 4) is 5.75 Å². The first kappa shape index (κ1) is 25.0. The standard InChI is InChI=1S/C23H31ClN2O5S/c1-18(2)25(15-19-6-4-3-5-7-19)16-20(27)17-31-23-9-8-21(14-22(23)24)32(28,29)26-10-12-30-13-11-26/h3-9,14,18,20,27H,10-13,15-17H2,1-2H3/t20-/m1/s1. The molecule has 2 aromatic carbocycles. The Balaban J connectivity index is 1.58. The highest BCUT2D eigenvalue weighted by atomic mass is 35.5. The second-order valence-corrected chi connectivity index (χ2v) is 10.4. The average Bonchev–Trinajstić information content (AvgIpc) is 2.79. The molecule has 1 heterocycles. The summed E-state index contributed by atoms with van der Waals surface area (Å²) in [6, 6.07) is 14.8. The zero-order valence-corrected chi connectivity index (χ0v) is 20.1. The van der Waals surface area contributed by atoms with E-state index in [9.17, 15) is 13.5 Å². The molecular weight excluding hydrogens is 452 g/mol. The molecule has 0 bridgehead atoms. The number of aliphatic hydroxyl groups excluding tert-OH is 1. The maximum Gasteiger partial charge on any atom is 0.243 e. The van der Waals surface area contributed by atoms with Crippen LogP contribution in [0.4, 0.5) is 0 Å². The zero-order valence-electron chi connectivity index (χ0n) is 18.5. The lowest BCUT2D eigenvalue weighted by Crippen LogP contribution is -2.40. The van der Waals surface area contributed by atoms with Crippen LogP contribution in [0.15, 0.2) is 53.4 Å². The third kappa shape index (κ3) is 6.66. The predicted molar refractivity (Wildman–Crippen MR) is 125 cm³/mol. The zero-order chi connectivity index (χ0) is 23.1. The fourth-order valence-electron chi connectivity index (χ4n) is 3.48. The Morgan fingerprint density at radius 2 is 1.84 bits per heavy atom. The van der Waals surface area contributed by atoms with E-state index in [0.29, 0.717) is 38.6 Å². The molecule has 2 aromatic rings. The molecule has 0 aliphatic carbocycles. The number of sulfonamides is 1. The molecule has 1 saturated heterocycles. The van der Waals surface area contributed by atoms with Crippen molar-refractivity contribution in [2.24, 2.45) is 0 Å². The third-order valence-corrected chi connectivity index (χ3v) is 7.54. The topological polar surface area (TPSA) is 79.3 Å². The molecule has 0 saturated carbocycles. The Morgan fingerprint density at radius 1 is 1.16 bits per heavy atom. The summed E-state index contributed by atoms with van der Waals surface area (Å²) in [6.07, 6.45) is -0.728. The average molecular weight is 483 g/mol. The van der Waals surface area contributed by atoms with E-state index < -0.39 is 16.1 Å². The van der Waals surface area contributed by atoms with Gasteiger partial charge in [0, 0.05) is 32.2 Å². The number of halogens is 1. The molecule has 0 spiro atoms. The van der Waals surface area contributed by atoms with Crippen molar-refractivity contribution < 1.29 is 23.0 Å². The monoisotopic (exact) mass is 482 g/mol. The summed E-state index contributed by atoms with van der Waals surface area (Å²) in [4.78, 5) is 2.29. The van der Waals surface area contributed by atoms with Crippen molar-refractivity contribution in [2.75, 3.05) is 39.5 Å². The van der Waals surface area contributed by atoms with Crippen LogP contribution in [0.25, 0.3) is 0 Å². The van der Waals surface area contributed by atoms with Gasteiger partial charge in [0.2, 0.25) is 10.0 Å². The number of rotatable bonds is 10. The Hall–Kier alpha value is -1.68. The number of morpholine rings is 1. The van der Waals surface area contributed by atoms with Crippen molar-refractivity contribution in [1.82, 2.24) is 9.21 Å². The van der Waals surface area contributed by atoms with Crippen molar-refractivity contribution in [3.05, 3.63) is 59.1 Å². The number of benzene rings is 2. The summed E-state index contributed by atoms with van der Waals surface area (Å²) in [7, 11) is -3.63. The van der Waals surface area contributed by atoms with E-state index >= 15 is 0 Å². The summed E-state index contributed by atoms with van der Waals surface area (Å²) >= 11 is 6.30. The van der Waals surface area contributed by atoms with Gasteiger partial charge in [-0.15, -0.1) is 0 Å². The molecular formula is C23H31ClN2O5S. The van der Waals surface area contributed by atoms with Gasteiger partial charge < -0.3 is 14.6 Å². The largest absolute Gasteiger partial charge is 0.489 e. The van der Waals surface area contributed by atoms with Crippen LogP contribution in [0.3, 0.4) is 0 Å². The summed E-state index contributed by atoms with van der Waals surface area (Å²) in [6.45, 7) is 6.78. The van der Waals surface area contributed by atoms with Gasteiger partial charge in [-0.2, -0.15) is 4.31 Å². The van der Waals surface area contributed by atoms with Gasteiger partial charge in [0.25, 0.3) is 0 Å². The Morgan fingerprint density at radius 3 is 2.47 bits per heavy atom. The maximum absolute atomic E-state index is 12.8. The molecule has 1 atom stereocenters. The highest BCUT2D eigenvalue weighted by Crippen LogP contribution is 2.29. The molecule has 7 nitrogen and oxygen atoms in total. The Kier molecular flexibility index (Phi) is 8.93. The van der Waals surface area contributed by atoms with Crippen LogP contribution in [0, 0.1) is 0 Å². The van der Waals surface area contributed by atoms with Gasteiger partial charge >= 0.3 is 0 Å². The van der Waals surface area contributed by atoms with Crippen molar-refractivity contribution >= 4 is 21.6 Å². The molecule has 0 aromatic heterocycles. The highest BCUT2D eigenvalue weighted by molar-refractivity contribution is 7.89. The quantitative estimate of drug-likeness (QED) is 0.560. The van der Waals surface area contributed by atoms with Crippen LogP contribution in [-0.4, -0.2) is 74.3 Å². The number of ether oxygens (including phenoxy) is 2. The van der Waals surface area contributed by atoms with Gasteiger partial charge in [-0.3, -0.25) is 4.90 Å². The van der Waals surface area contributed by atoms with E-state index in [0.717, 1.165) is 6.54 Å². The van der Waals surface area contributed by atoms with Crippen molar-refractivity contribution in [3.63, 3.8) is 0 Å². The van der Waals surface area contributed by atoms with E-state index in [-0.39, 0.29) is 22.6 Å². The Labute approximate surface area is 195 Å². The SMILES string of the molecule is CC(C)N(Cc1ccccc1)C[C@@H](O)COc1ccc(S(=O)(=O)N2CCOCC2)cc1Cl. The summed E-state index contributed by atoms with van der Waals surface area (Å²) < 4.78 is 37.9. The third-order valence-electron chi connectivity index (χ3n) is 5.35. The predicted octanol–water partition coefficient (Wildman–Crippen LogP) is 3.01. The summed E-state index contributed by atoms with van der Waals surface area (Å²) in [5.41, 5.74) is 1.18. The molecule has 176 valence electrons. The van der Waals surface area contributed by atoms with Gasteiger partial charge in [0.15, 0.2) is 0 Å². The van der Waals surface area contributed by atoms with Crippen LogP contribution in [0.2, 0.25) is 5.02 Å². The lowest BCUT2D eigenvalue weighted by molar-refractivity contribution is 0.0543. The molecule has 0 unspecified atom stereocenters. The van der Waals surface area contributed by atoms with Gasteiger partial charge in [-0.25, -0.2) is 8.42 Å². The van der Waals surface area contributed by atoms with E-state index in [4.69, 9.17) is 21.1 Å². The first-order valence-corrected chi connectivity index (χ1v) is 12.6. The molecule has 1 aliphatic rings. The molecule has 9 heteroatoms. The van der Waals surface area contributed by atoms with Gasteiger partial charge in [0.05, 0.1) is 23.1 Å². The van der Waals surface area contributed by atoms with E-state index in [1.807, 2.05) is 18.2 Å². The van der Waals surface area contributed by atoms with Crippen molar-refractivity contribution in [2.45, 2.75) is 37.4 Å².